The van der Waals surface area contributed by atoms with Crippen molar-refractivity contribution in [2.24, 2.45) is 0 Å². The molecular weight excluding hydrogens is 300 g/mol. The number of ether oxygens (including phenoxy) is 1. The summed E-state index contributed by atoms with van der Waals surface area (Å²) in [5, 5.41) is 0. The molecule has 0 aliphatic carbocycles. The van der Waals surface area contributed by atoms with E-state index in [1.165, 1.54) is 17.5 Å². The van der Waals surface area contributed by atoms with Crippen LogP contribution in [0.1, 0.15) is 24.0 Å². The topological polar surface area (TPSA) is 9.23 Å². The average Bonchev–Trinajstić information content (AvgIpc) is 2.46. The zero-order valence-electron chi connectivity index (χ0n) is 11.0. The van der Waals surface area contributed by atoms with Gasteiger partial charge in [-0.15, -0.1) is 0 Å². The Morgan fingerprint density at radius 3 is 2.26 bits per heavy atom. The Morgan fingerprint density at radius 1 is 0.789 bits per heavy atom. The third-order valence-corrected chi connectivity index (χ3v) is 3.56. The van der Waals surface area contributed by atoms with Crippen LogP contribution in [0, 0.1) is 0 Å². The fourth-order valence-electron chi connectivity index (χ4n) is 1.95. The molecule has 2 rings (SSSR count). The maximum absolute atomic E-state index is 5.67. The molecule has 0 N–H and O–H groups in total. The summed E-state index contributed by atoms with van der Waals surface area (Å²) in [5.41, 5.74) is 2.64. The number of rotatable bonds is 7. The van der Waals surface area contributed by atoms with Crippen LogP contribution in [0.5, 0.6) is 0 Å². The second-order valence-electron chi connectivity index (χ2n) is 4.62. The van der Waals surface area contributed by atoms with E-state index in [0.717, 1.165) is 30.5 Å². The standard InChI is InChI=1S/C17H19BrO/c18-17-11-9-15(10-12-17)6-4-5-13-19-14-16-7-2-1-3-8-16/h1-3,7-12H,4-6,13-14H2. The van der Waals surface area contributed by atoms with Crippen LogP contribution in [-0.2, 0) is 17.8 Å². The van der Waals surface area contributed by atoms with Gasteiger partial charge in [0.15, 0.2) is 0 Å². The third kappa shape index (κ3) is 5.58. The molecule has 0 radical (unpaired) electrons. The van der Waals surface area contributed by atoms with Crippen LogP contribution in [0.15, 0.2) is 59.1 Å². The first-order valence-electron chi connectivity index (χ1n) is 6.71. The van der Waals surface area contributed by atoms with Crippen LogP contribution >= 0.6 is 15.9 Å². The van der Waals surface area contributed by atoms with Gasteiger partial charge in [0.2, 0.25) is 0 Å². The van der Waals surface area contributed by atoms with Gasteiger partial charge in [-0.05, 0) is 42.5 Å². The van der Waals surface area contributed by atoms with Crippen molar-refractivity contribution in [1.82, 2.24) is 0 Å². The van der Waals surface area contributed by atoms with Crippen molar-refractivity contribution in [3.8, 4) is 0 Å². The van der Waals surface area contributed by atoms with Gasteiger partial charge in [-0.1, -0.05) is 58.4 Å². The van der Waals surface area contributed by atoms with Crippen LogP contribution in [0.4, 0.5) is 0 Å². The molecule has 0 saturated carbocycles. The first-order valence-corrected chi connectivity index (χ1v) is 7.50. The predicted octanol–water partition coefficient (Wildman–Crippen LogP) is 4.99. The summed E-state index contributed by atoms with van der Waals surface area (Å²) in [5.74, 6) is 0. The molecule has 2 aromatic carbocycles. The number of unbranched alkanes of at least 4 members (excludes halogenated alkanes) is 1. The maximum atomic E-state index is 5.67. The molecule has 19 heavy (non-hydrogen) atoms. The van der Waals surface area contributed by atoms with Gasteiger partial charge in [0.05, 0.1) is 6.61 Å². The molecule has 0 aliphatic rings. The largest absolute Gasteiger partial charge is 0.377 e. The van der Waals surface area contributed by atoms with Gasteiger partial charge in [0.1, 0.15) is 0 Å². The first kappa shape index (κ1) is 14.3. The minimum atomic E-state index is 0.721. The SMILES string of the molecule is Brc1ccc(CCCCOCc2ccccc2)cc1. The Bertz CT molecular complexity index is 464. The lowest BCUT2D eigenvalue weighted by atomic mass is 10.1. The zero-order valence-corrected chi connectivity index (χ0v) is 12.6. The second kappa shape index (κ2) is 8.13. The predicted molar refractivity (Wildman–Crippen MR) is 83.2 cm³/mol. The molecule has 0 amide bonds. The summed E-state index contributed by atoms with van der Waals surface area (Å²) in [6.45, 7) is 1.56. The molecule has 0 aromatic heterocycles. The summed E-state index contributed by atoms with van der Waals surface area (Å²) in [6, 6.07) is 18.9. The molecule has 2 aromatic rings. The molecule has 1 nitrogen and oxygen atoms in total. The summed E-state index contributed by atoms with van der Waals surface area (Å²) in [4.78, 5) is 0. The number of aryl methyl sites for hydroxylation is 1. The molecule has 0 saturated heterocycles. The fourth-order valence-corrected chi connectivity index (χ4v) is 2.21. The molecule has 0 spiro atoms. The van der Waals surface area contributed by atoms with Crippen LogP contribution < -0.4 is 0 Å². The van der Waals surface area contributed by atoms with E-state index in [0.29, 0.717) is 0 Å². The molecule has 0 atom stereocenters. The van der Waals surface area contributed by atoms with Gasteiger partial charge < -0.3 is 4.74 Å². The monoisotopic (exact) mass is 318 g/mol. The van der Waals surface area contributed by atoms with Crippen molar-refractivity contribution in [3.63, 3.8) is 0 Å². The highest BCUT2D eigenvalue weighted by atomic mass is 79.9. The van der Waals surface area contributed by atoms with Crippen LogP contribution in [0.25, 0.3) is 0 Å². The lowest BCUT2D eigenvalue weighted by Crippen LogP contribution is -1.96. The Balaban J connectivity index is 1.56. The van der Waals surface area contributed by atoms with E-state index in [9.17, 15) is 0 Å². The normalized spacial score (nSPS) is 10.6. The number of hydrogen-bond donors (Lipinski definition) is 0. The van der Waals surface area contributed by atoms with Crippen molar-refractivity contribution in [2.75, 3.05) is 6.61 Å². The molecule has 0 unspecified atom stereocenters. The lowest BCUT2D eigenvalue weighted by Gasteiger charge is -2.05. The number of benzene rings is 2. The summed E-state index contributed by atoms with van der Waals surface area (Å²) in [7, 11) is 0. The van der Waals surface area contributed by atoms with E-state index in [1.54, 1.807) is 0 Å². The fraction of sp³-hybridized carbons (Fsp3) is 0.294. The minimum absolute atomic E-state index is 0.721. The van der Waals surface area contributed by atoms with E-state index in [-0.39, 0.29) is 0 Å². The van der Waals surface area contributed by atoms with Crippen molar-refractivity contribution in [3.05, 3.63) is 70.2 Å². The smallest absolute Gasteiger partial charge is 0.0716 e. The zero-order chi connectivity index (χ0) is 13.3. The van der Waals surface area contributed by atoms with Crippen LogP contribution in [-0.4, -0.2) is 6.61 Å². The molecule has 0 fully saturated rings. The summed E-state index contributed by atoms with van der Waals surface area (Å²) < 4.78 is 6.81. The molecule has 0 bridgehead atoms. The van der Waals surface area contributed by atoms with E-state index < -0.39 is 0 Å². The van der Waals surface area contributed by atoms with E-state index in [1.807, 2.05) is 18.2 Å². The van der Waals surface area contributed by atoms with Crippen molar-refractivity contribution in [2.45, 2.75) is 25.9 Å². The van der Waals surface area contributed by atoms with Gasteiger partial charge >= 0.3 is 0 Å². The molecular formula is C17H19BrO. The molecule has 0 aliphatic heterocycles. The van der Waals surface area contributed by atoms with Crippen LogP contribution in [0.2, 0.25) is 0 Å². The van der Waals surface area contributed by atoms with E-state index >= 15 is 0 Å². The van der Waals surface area contributed by atoms with Gasteiger partial charge in [-0.25, -0.2) is 0 Å². The minimum Gasteiger partial charge on any atom is -0.377 e. The van der Waals surface area contributed by atoms with E-state index in [2.05, 4.69) is 52.3 Å². The lowest BCUT2D eigenvalue weighted by molar-refractivity contribution is 0.117. The Kier molecular flexibility index (Phi) is 6.12. The van der Waals surface area contributed by atoms with Gasteiger partial charge in [0, 0.05) is 11.1 Å². The highest BCUT2D eigenvalue weighted by molar-refractivity contribution is 9.10. The van der Waals surface area contributed by atoms with E-state index in [4.69, 9.17) is 4.74 Å². The summed E-state index contributed by atoms with van der Waals surface area (Å²) >= 11 is 3.45. The Hall–Kier alpha value is -1.12. The Labute approximate surface area is 123 Å². The second-order valence-corrected chi connectivity index (χ2v) is 5.54. The number of halogens is 1. The van der Waals surface area contributed by atoms with Gasteiger partial charge in [0.25, 0.3) is 0 Å². The summed E-state index contributed by atoms with van der Waals surface area (Å²) in [6.07, 6.45) is 3.42. The quantitative estimate of drug-likeness (QED) is 0.653. The third-order valence-electron chi connectivity index (χ3n) is 3.03. The van der Waals surface area contributed by atoms with Crippen molar-refractivity contribution in [1.29, 1.82) is 0 Å². The maximum Gasteiger partial charge on any atom is 0.0716 e. The highest BCUT2D eigenvalue weighted by Crippen LogP contribution is 2.12. The van der Waals surface area contributed by atoms with Crippen LogP contribution in [0.3, 0.4) is 0 Å². The van der Waals surface area contributed by atoms with Crippen molar-refractivity contribution >= 4 is 15.9 Å². The van der Waals surface area contributed by atoms with Gasteiger partial charge in [-0.3, -0.25) is 0 Å². The number of hydrogen-bond acceptors (Lipinski definition) is 1. The molecule has 100 valence electrons. The first-order chi connectivity index (χ1) is 9.34. The van der Waals surface area contributed by atoms with Crippen molar-refractivity contribution < 1.29 is 4.74 Å². The van der Waals surface area contributed by atoms with Gasteiger partial charge in [-0.2, -0.15) is 0 Å². The molecule has 2 heteroatoms. The average molecular weight is 319 g/mol. The molecule has 0 heterocycles. The highest BCUT2D eigenvalue weighted by Gasteiger charge is 1.95. The Morgan fingerprint density at radius 2 is 1.53 bits per heavy atom.